The summed E-state index contributed by atoms with van der Waals surface area (Å²) < 4.78 is 8.24. The Labute approximate surface area is 170 Å². The maximum Gasteiger partial charge on any atom is 0.253 e. The van der Waals surface area contributed by atoms with Gasteiger partial charge in [-0.25, -0.2) is 9.67 Å². The minimum Gasteiger partial charge on any atom is -0.378 e. The molecule has 0 saturated carbocycles. The normalized spacial score (nSPS) is 14.5. The molecule has 7 heteroatoms. The Morgan fingerprint density at radius 1 is 0.929 bits per heavy atom. The molecule has 0 amide bonds. The molecule has 3 heterocycles. The number of nitrogens with zero attached hydrogens (tertiary/aromatic N) is 5. The molecule has 1 aliphatic heterocycles. The zero-order chi connectivity index (χ0) is 18.9. The number of benzene rings is 2. The molecule has 1 saturated heterocycles. The number of ether oxygens (including phenoxy) is 1. The van der Waals surface area contributed by atoms with Crippen molar-refractivity contribution in [2.75, 3.05) is 31.2 Å². The van der Waals surface area contributed by atoms with E-state index in [1.807, 2.05) is 54.7 Å². The molecule has 0 bridgehead atoms. The second-order valence-electron chi connectivity index (χ2n) is 6.62. The second kappa shape index (κ2) is 7.33. The molecule has 1 fully saturated rings. The molecule has 0 N–H and O–H groups in total. The summed E-state index contributed by atoms with van der Waals surface area (Å²) in [5, 5.41) is 5.73. The van der Waals surface area contributed by atoms with Gasteiger partial charge in [0.15, 0.2) is 0 Å². The molecule has 0 spiro atoms. The van der Waals surface area contributed by atoms with E-state index in [1.54, 1.807) is 4.68 Å². The minimum absolute atomic E-state index is 0.564. The van der Waals surface area contributed by atoms with Crippen LogP contribution in [0.3, 0.4) is 0 Å². The zero-order valence-corrected chi connectivity index (χ0v) is 16.7. The molecule has 6 nitrogen and oxygen atoms in total. The molecular weight excluding hydrogens is 418 g/mol. The number of rotatable bonds is 3. The van der Waals surface area contributed by atoms with Gasteiger partial charge in [0.2, 0.25) is 0 Å². The molecule has 28 heavy (non-hydrogen) atoms. The number of hydrogen-bond donors (Lipinski definition) is 0. The third kappa shape index (κ3) is 3.27. The average Bonchev–Trinajstić information content (AvgIpc) is 3.24. The van der Waals surface area contributed by atoms with Crippen molar-refractivity contribution in [1.29, 1.82) is 0 Å². The number of aromatic nitrogens is 4. The number of hydrogen-bond acceptors (Lipinski definition) is 5. The van der Waals surface area contributed by atoms with Crippen molar-refractivity contribution in [2.24, 2.45) is 0 Å². The predicted octanol–water partition coefficient (Wildman–Crippen LogP) is 4.08. The summed E-state index contributed by atoms with van der Waals surface area (Å²) in [6.45, 7) is 3.04. The predicted molar refractivity (Wildman–Crippen MR) is 113 cm³/mol. The second-order valence-corrected chi connectivity index (χ2v) is 7.54. The molecule has 0 radical (unpaired) electrons. The summed E-state index contributed by atoms with van der Waals surface area (Å²) in [7, 11) is 0. The van der Waals surface area contributed by atoms with Crippen LogP contribution in [0.25, 0.3) is 28.1 Å². The van der Waals surface area contributed by atoms with Crippen molar-refractivity contribution in [1.82, 2.24) is 19.7 Å². The standard InChI is InChI=1S/C21H18BrN5O/c22-16-6-7-17-19(14-16)23-21(24-20(17)26-10-12-28-13-11-26)27-9-8-18(25-27)15-4-2-1-3-5-15/h1-9,14H,10-13H2. The summed E-state index contributed by atoms with van der Waals surface area (Å²) in [6.07, 6.45) is 1.91. The Bertz CT molecular complexity index is 1120. The van der Waals surface area contributed by atoms with E-state index in [9.17, 15) is 0 Å². The van der Waals surface area contributed by atoms with E-state index < -0.39 is 0 Å². The topological polar surface area (TPSA) is 56.1 Å². The highest BCUT2D eigenvalue weighted by Crippen LogP contribution is 2.28. The Hall–Kier alpha value is -2.77. The van der Waals surface area contributed by atoms with Gasteiger partial charge in [-0.05, 0) is 24.3 Å². The molecule has 0 aliphatic carbocycles. The van der Waals surface area contributed by atoms with Crippen molar-refractivity contribution >= 4 is 32.7 Å². The van der Waals surface area contributed by atoms with Crippen LogP contribution in [0.4, 0.5) is 5.82 Å². The maximum absolute atomic E-state index is 5.51. The van der Waals surface area contributed by atoms with Gasteiger partial charge in [-0.2, -0.15) is 10.1 Å². The van der Waals surface area contributed by atoms with Crippen LogP contribution in [0, 0.1) is 0 Å². The third-order valence-electron chi connectivity index (χ3n) is 4.80. The first-order valence-electron chi connectivity index (χ1n) is 9.19. The van der Waals surface area contributed by atoms with Crippen molar-refractivity contribution in [2.45, 2.75) is 0 Å². The van der Waals surface area contributed by atoms with E-state index in [-0.39, 0.29) is 0 Å². The molecule has 5 rings (SSSR count). The Morgan fingerprint density at radius 2 is 1.75 bits per heavy atom. The quantitative estimate of drug-likeness (QED) is 0.485. The van der Waals surface area contributed by atoms with Crippen LogP contribution in [0.5, 0.6) is 0 Å². The van der Waals surface area contributed by atoms with E-state index in [1.165, 1.54) is 0 Å². The fourth-order valence-corrected chi connectivity index (χ4v) is 3.74. The number of halogens is 1. The van der Waals surface area contributed by atoms with Crippen LogP contribution < -0.4 is 4.90 Å². The van der Waals surface area contributed by atoms with Gasteiger partial charge in [-0.3, -0.25) is 0 Å². The van der Waals surface area contributed by atoms with Crippen molar-refractivity contribution in [3.8, 4) is 17.2 Å². The van der Waals surface area contributed by atoms with Gasteiger partial charge in [0.25, 0.3) is 5.95 Å². The van der Waals surface area contributed by atoms with Crippen LogP contribution in [0.2, 0.25) is 0 Å². The van der Waals surface area contributed by atoms with Crippen molar-refractivity contribution in [3.63, 3.8) is 0 Å². The van der Waals surface area contributed by atoms with Gasteiger partial charge in [0, 0.05) is 34.7 Å². The van der Waals surface area contributed by atoms with Crippen LogP contribution >= 0.6 is 15.9 Å². The van der Waals surface area contributed by atoms with Gasteiger partial charge in [0.1, 0.15) is 5.82 Å². The van der Waals surface area contributed by atoms with Crippen LogP contribution in [0.15, 0.2) is 65.3 Å². The first kappa shape index (κ1) is 17.3. The third-order valence-corrected chi connectivity index (χ3v) is 5.29. The maximum atomic E-state index is 5.51. The SMILES string of the molecule is Brc1ccc2c(N3CCOCC3)nc(-n3ccc(-c4ccccc4)n3)nc2c1. The Morgan fingerprint density at radius 3 is 2.57 bits per heavy atom. The fourth-order valence-electron chi connectivity index (χ4n) is 3.39. The van der Waals surface area contributed by atoms with E-state index in [0.717, 1.165) is 45.5 Å². The highest BCUT2D eigenvalue weighted by atomic mass is 79.9. The molecule has 140 valence electrons. The Kier molecular flexibility index (Phi) is 4.54. The first-order chi connectivity index (χ1) is 13.8. The molecule has 0 unspecified atom stereocenters. The summed E-state index contributed by atoms with van der Waals surface area (Å²) in [5.74, 6) is 1.49. The molecule has 2 aromatic carbocycles. The fraction of sp³-hybridized carbons (Fsp3) is 0.190. The lowest BCUT2D eigenvalue weighted by molar-refractivity contribution is 0.122. The highest BCUT2D eigenvalue weighted by molar-refractivity contribution is 9.10. The zero-order valence-electron chi connectivity index (χ0n) is 15.1. The Balaban J connectivity index is 1.62. The first-order valence-corrected chi connectivity index (χ1v) is 9.99. The summed E-state index contributed by atoms with van der Waals surface area (Å²) in [6, 6.07) is 18.2. The lowest BCUT2D eigenvalue weighted by Gasteiger charge is -2.28. The van der Waals surface area contributed by atoms with Crippen molar-refractivity contribution in [3.05, 3.63) is 65.3 Å². The van der Waals surface area contributed by atoms with Gasteiger partial charge in [-0.1, -0.05) is 46.3 Å². The minimum atomic E-state index is 0.564. The largest absolute Gasteiger partial charge is 0.378 e. The molecule has 4 aromatic rings. The summed E-state index contributed by atoms with van der Waals surface area (Å²) >= 11 is 3.55. The van der Waals surface area contributed by atoms with E-state index in [2.05, 4.69) is 26.9 Å². The smallest absolute Gasteiger partial charge is 0.253 e. The average molecular weight is 436 g/mol. The van der Waals surface area contributed by atoms with Crippen LogP contribution in [0.1, 0.15) is 0 Å². The molecule has 1 aliphatic rings. The number of fused-ring (bicyclic) bond motifs is 1. The van der Waals surface area contributed by atoms with Gasteiger partial charge < -0.3 is 9.64 Å². The summed E-state index contributed by atoms with van der Waals surface area (Å²) in [5.41, 5.74) is 2.85. The van der Waals surface area contributed by atoms with E-state index >= 15 is 0 Å². The van der Waals surface area contributed by atoms with Crippen LogP contribution in [-0.4, -0.2) is 46.1 Å². The molecule has 0 atom stereocenters. The lowest BCUT2D eigenvalue weighted by atomic mass is 10.2. The van der Waals surface area contributed by atoms with Gasteiger partial charge in [0.05, 0.1) is 24.4 Å². The van der Waals surface area contributed by atoms with Gasteiger partial charge >= 0.3 is 0 Å². The van der Waals surface area contributed by atoms with Gasteiger partial charge in [-0.15, -0.1) is 0 Å². The van der Waals surface area contributed by atoms with Crippen molar-refractivity contribution < 1.29 is 4.74 Å². The molecular formula is C21H18BrN5O. The van der Waals surface area contributed by atoms with Crippen LogP contribution in [-0.2, 0) is 4.74 Å². The number of anilines is 1. The number of morpholine rings is 1. The van der Waals surface area contributed by atoms with E-state index in [0.29, 0.717) is 19.2 Å². The molecule has 2 aromatic heterocycles. The lowest BCUT2D eigenvalue weighted by Crippen LogP contribution is -2.37. The summed E-state index contributed by atoms with van der Waals surface area (Å²) in [4.78, 5) is 11.9. The monoisotopic (exact) mass is 435 g/mol. The highest BCUT2D eigenvalue weighted by Gasteiger charge is 2.18. The van der Waals surface area contributed by atoms with E-state index in [4.69, 9.17) is 19.8 Å².